The summed E-state index contributed by atoms with van der Waals surface area (Å²) in [5, 5.41) is 4.13. The van der Waals surface area contributed by atoms with Crippen molar-refractivity contribution in [2.75, 3.05) is 39.3 Å². The van der Waals surface area contributed by atoms with Gasteiger partial charge in [0.1, 0.15) is 5.75 Å². The van der Waals surface area contributed by atoms with Crippen molar-refractivity contribution < 1.29 is 4.74 Å². The molecule has 0 saturated carbocycles. The fraction of sp³-hybridized carbons (Fsp3) is 0.714. The zero-order valence-corrected chi connectivity index (χ0v) is 17.0. The second kappa shape index (κ2) is 10.4. The van der Waals surface area contributed by atoms with E-state index in [-0.39, 0.29) is 5.41 Å². The van der Waals surface area contributed by atoms with Crippen LogP contribution in [0.2, 0.25) is 5.02 Å². The first-order valence-electron chi connectivity index (χ1n) is 9.89. The quantitative estimate of drug-likeness (QED) is 0.598. The van der Waals surface area contributed by atoms with Gasteiger partial charge in [-0.15, -0.1) is 0 Å². The molecule has 0 radical (unpaired) electrons. The van der Waals surface area contributed by atoms with E-state index in [4.69, 9.17) is 16.3 Å². The molecule has 0 aliphatic carbocycles. The molecular weight excluding hydrogens is 332 g/mol. The molecule has 4 heteroatoms. The summed E-state index contributed by atoms with van der Waals surface area (Å²) in [7, 11) is 0. The Labute approximate surface area is 159 Å². The van der Waals surface area contributed by atoms with E-state index in [0.717, 1.165) is 43.3 Å². The van der Waals surface area contributed by atoms with E-state index < -0.39 is 0 Å². The van der Waals surface area contributed by atoms with Gasteiger partial charge in [0.25, 0.3) is 0 Å². The van der Waals surface area contributed by atoms with Crippen LogP contribution in [0.3, 0.4) is 0 Å². The minimum absolute atomic E-state index is 0.159. The normalized spacial score (nSPS) is 16.2. The molecule has 0 spiro atoms. The van der Waals surface area contributed by atoms with Gasteiger partial charge in [-0.2, -0.15) is 0 Å². The Hall–Kier alpha value is -0.770. The number of benzene rings is 1. The van der Waals surface area contributed by atoms with Crippen LogP contribution in [0.4, 0.5) is 0 Å². The fourth-order valence-corrected chi connectivity index (χ4v) is 3.39. The Balaban J connectivity index is 1.61. The number of hydrogen-bond acceptors (Lipinski definition) is 3. The molecule has 1 N–H and O–H groups in total. The van der Waals surface area contributed by atoms with Crippen LogP contribution < -0.4 is 10.1 Å². The van der Waals surface area contributed by atoms with Gasteiger partial charge >= 0.3 is 0 Å². The third-order valence-electron chi connectivity index (χ3n) is 5.43. The number of hydrogen-bond donors (Lipinski definition) is 1. The molecule has 1 aromatic carbocycles. The summed E-state index contributed by atoms with van der Waals surface area (Å²) in [4.78, 5) is 2.56. The summed E-state index contributed by atoms with van der Waals surface area (Å²) in [6, 6.07) is 6.24. The van der Waals surface area contributed by atoms with Crippen LogP contribution in [0.25, 0.3) is 0 Å². The lowest BCUT2D eigenvalue weighted by Gasteiger charge is -2.27. The molecule has 1 aliphatic rings. The highest BCUT2D eigenvalue weighted by atomic mass is 35.5. The van der Waals surface area contributed by atoms with Gasteiger partial charge in [0, 0.05) is 26.2 Å². The lowest BCUT2D eigenvalue weighted by atomic mass is 9.82. The standard InChI is InChI=1S/C21H35ClN2O/c1-4-21(2,3)18-9-10-20(19(22)17-18)25-16-8-6-5-7-13-24-14-11-23-12-15-24/h9-10,17,23H,4-8,11-16H2,1-3H3. The monoisotopic (exact) mass is 366 g/mol. The third-order valence-corrected chi connectivity index (χ3v) is 5.73. The van der Waals surface area contributed by atoms with Gasteiger partial charge in [-0.25, -0.2) is 0 Å². The van der Waals surface area contributed by atoms with E-state index in [0.29, 0.717) is 0 Å². The maximum absolute atomic E-state index is 6.41. The van der Waals surface area contributed by atoms with Crippen molar-refractivity contribution in [1.82, 2.24) is 10.2 Å². The molecule has 3 nitrogen and oxygen atoms in total. The molecule has 0 unspecified atom stereocenters. The Kier molecular flexibility index (Phi) is 8.54. The highest BCUT2D eigenvalue weighted by Crippen LogP contribution is 2.33. The second-order valence-corrected chi connectivity index (χ2v) is 8.14. The third kappa shape index (κ3) is 6.80. The molecule has 0 bridgehead atoms. The molecule has 0 aromatic heterocycles. The van der Waals surface area contributed by atoms with Crippen molar-refractivity contribution in [2.24, 2.45) is 0 Å². The summed E-state index contributed by atoms with van der Waals surface area (Å²) in [5.41, 5.74) is 1.44. The van der Waals surface area contributed by atoms with Crippen molar-refractivity contribution in [2.45, 2.75) is 58.3 Å². The van der Waals surface area contributed by atoms with Gasteiger partial charge in [-0.1, -0.05) is 51.3 Å². The predicted molar refractivity (Wildman–Crippen MR) is 108 cm³/mol. The first-order chi connectivity index (χ1) is 12.0. The van der Waals surface area contributed by atoms with Crippen LogP contribution in [0.1, 0.15) is 58.4 Å². The van der Waals surface area contributed by atoms with Gasteiger partial charge in [0.15, 0.2) is 0 Å². The van der Waals surface area contributed by atoms with E-state index >= 15 is 0 Å². The van der Waals surface area contributed by atoms with Crippen molar-refractivity contribution in [3.63, 3.8) is 0 Å². The maximum atomic E-state index is 6.41. The Morgan fingerprint density at radius 2 is 1.84 bits per heavy atom. The topological polar surface area (TPSA) is 24.5 Å². The fourth-order valence-electron chi connectivity index (χ4n) is 3.15. The van der Waals surface area contributed by atoms with E-state index in [1.54, 1.807) is 0 Å². The second-order valence-electron chi connectivity index (χ2n) is 7.74. The van der Waals surface area contributed by atoms with Crippen LogP contribution in [0.5, 0.6) is 5.75 Å². The number of halogens is 1. The Morgan fingerprint density at radius 1 is 1.12 bits per heavy atom. The molecule has 1 aromatic rings. The van der Waals surface area contributed by atoms with E-state index in [1.165, 1.54) is 44.5 Å². The summed E-state index contributed by atoms with van der Waals surface area (Å²) in [5.74, 6) is 0.818. The van der Waals surface area contributed by atoms with E-state index in [1.807, 2.05) is 6.07 Å². The Morgan fingerprint density at radius 3 is 2.52 bits per heavy atom. The summed E-state index contributed by atoms with van der Waals surface area (Å²) >= 11 is 6.41. The van der Waals surface area contributed by atoms with Crippen LogP contribution in [-0.4, -0.2) is 44.2 Å². The van der Waals surface area contributed by atoms with E-state index in [9.17, 15) is 0 Å². The van der Waals surface area contributed by atoms with Gasteiger partial charge in [0.05, 0.1) is 11.6 Å². The van der Waals surface area contributed by atoms with E-state index in [2.05, 4.69) is 43.1 Å². The molecule has 1 aliphatic heterocycles. The van der Waals surface area contributed by atoms with Gasteiger partial charge < -0.3 is 15.0 Å². The molecule has 25 heavy (non-hydrogen) atoms. The molecule has 2 rings (SSSR count). The number of ether oxygens (including phenoxy) is 1. The highest BCUT2D eigenvalue weighted by molar-refractivity contribution is 6.32. The number of unbranched alkanes of at least 4 members (excludes halogenated alkanes) is 3. The summed E-state index contributed by atoms with van der Waals surface area (Å²) in [6.45, 7) is 13.4. The molecule has 0 atom stereocenters. The first-order valence-corrected chi connectivity index (χ1v) is 10.3. The highest BCUT2D eigenvalue weighted by Gasteiger charge is 2.19. The summed E-state index contributed by atoms with van der Waals surface area (Å²) in [6.07, 6.45) is 5.99. The van der Waals surface area contributed by atoms with Crippen molar-refractivity contribution >= 4 is 11.6 Å². The lowest BCUT2D eigenvalue weighted by molar-refractivity contribution is 0.234. The largest absolute Gasteiger partial charge is 0.492 e. The average molecular weight is 367 g/mol. The number of piperazine rings is 1. The lowest BCUT2D eigenvalue weighted by Crippen LogP contribution is -2.43. The SMILES string of the molecule is CCC(C)(C)c1ccc(OCCCCCCN2CCNCC2)c(Cl)c1. The van der Waals surface area contributed by atoms with Crippen molar-refractivity contribution in [3.8, 4) is 5.75 Å². The molecule has 1 heterocycles. The molecular formula is C21H35ClN2O. The number of rotatable bonds is 10. The maximum Gasteiger partial charge on any atom is 0.137 e. The average Bonchev–Trinajstić information content (AvgIpc) is 2.62. The zero-order valence-electron chi connectivity index (χ0n) is 16.2. The van der Waals surface area contributed by atoms with Crippen LogP contribution in [0.15, 0.2) is 18.2 Å². The Bertz CT molecular complexity index is 513. The predicted octanol–water partition coefficient (Wildman–Crippen LogP) is 4.87. The van der Waals surface area contributed by atoms with Gasteiger partial charge in [-0.3, -0.25) is 0 Å². The molecule has 0 amide bonds. The van der Waals surface area contributed by atoms with Gasteiger partial charge in [0.2, 0.25) is 0 Å². The van der Waals surface area contributed by atoms with Crippen LogP contribution >= 0.6 is 11.6 Å². The minimum atomic E-state index is 0.159. The molecule has 1 fully saturated rings. The van der Waals surface area contributed by atoms with Crippen LogP contribution in [-0.2, 0) is 5.41 Å². The smallest absolute Gasteiger partial charge is 0.137 e. The summed E-state index contributed by atoms with van der Waals surface area (Å²) < 4.78 is 5.88. The first kappa shape index (κ1) is 20.5. The number of nitrogens with zero attached hydrogens (tertiary/aromatic N) is 1. The zero-order chi connectivity index (χ0) is 18.1. The molecule has 1 saturated heterocycles. The number of nitrogens with one attached hydrogen (secondary N) is 1. The van der Waals surface area contributed by atoms with Crippen molar-refractivity contribution in [3.05, 3.63) is 28.8 Å². The van der Waals surface area contributed by atoms with Gasteiger partial charge in [-0.05, 0) is 48.9 Å². The minimum Gasteiger partial charge on any atom is -0.492 e. The molecule has 142 valence electrons. The van der Waals surface area contributed by atoms with Crippen LogP contribution in [0, 0.1) is 0 Å². The van der Waals surface area contributed by atoms with Crippen molar-refractivity contribution in [1.29, 1.82) is 0 Å².